The molecule has 1 N–H and O–H groups in total. The molecule has 17 heavy (non-hydrogen) atoms. The van der Waals surface area contributed by atoms with Crippen LogP contribution in [0.2, 0.25) is 0 Å². The maximum atomic E-state index is 11.1. The molecule has 1 aromatic carbocycles. The number of hydrogen-bond acceptors (Lipinski definition) is 2. The fraction of sp³-hybridized carbons (Fsp3) is 0.214. The number of benzene rings is 1. The smallest absolute Gasteiger partial charge is 0.335 e. The van der Waals surface area contributed by atoms with Gasteiger partial charge in [-0.2, -0.15) is 0 Å². The average molecular weight is 246 g/mol. The number of carboxylic acids is 1. The Hall–Kier alpha value is -1.61. The van der Waals surface area contributed by atoms with Crippen molar-refractivity contribution in [3.8, 4) is 10.4 Å². The van der Waals surface area contributed by atoms with Crippen molar-refractivity contribution in [2.45, 2.75) is 20.3 Å². The van der Waals surface area contributed by atoms with Gasteiger partial charge in [-0.15, -0.1) is 11.3 Å². The van der Waals surface area contributed by atoms with Gasteiger partial charge in [-0.3, -0.25) is 0 Å². The molecule has 0 aliphatic rings. The Morgan fingerprint density at radius 1 is 1.41 bits per heavy atom. The van der Waals surface area contributed by atoms with Gasteiger partial charge in [0.15, 0.2) is 0 Å². The molecule has 0 radical (unpaired) electrons. The van der Waals surface area contributed by atoms with E-state index in [1.807, 2.05) is 13.0 Å². The zero-order valence-corrected chi connectivity index (χ0v) is 10.7. The lowest BCUT2D eigenvalue weighted by Gasteiger charge is -2.06. The van der Waals surface area contributed by atoms with Crippen LogP contribution in [0.4, 0.5) is 0 Å². The van der Waals surface area contributed by atoms with E-state index >= 15 is 0 Å². The fourth-order valence-corrected chi connectivity index (χ4v) is 2.92. The summed E-state index contributed by atoms with van der Waals surface area (Å²) < 4.78 is 0. The minimum absolute atomic E-state index is 0.383. The second-order valence-corrected chi connectivity index (χ2v) is 4.87. The third-order valence-electron chi connectivity index (χ3n) is 2.89. The molecule has 2 rings (SSSR count). The van der Waals surface area contributed by atoms with Crippen molar-refractivity contribution in [3.63, 3.8) is 0 Å². The quantitative estimate of drug-likeness (QED) is 0.889. The van der Waals surface area contributed by atoms with Crippen LogP contribution in [-0.2, 0) is 6.42 Å². The average Bonchev–Trinajstić information content (AvgIpc) is 2.77. The van der Waals surface area contributed by atoms with E-state index in [1.54, 1.807) is 23.5 Å². The Bertz CT molecular complexity index is 555. The molecule has 1 heterocycles. The standard InChI is InChI=1S/C14H14O2S/c1-3-10-7-13(17-8-10)11-5-4-6-12(9(11)2)14(15)16/h4-8H,3H2,1-2H3,(H,15,16). The molecule has 88 valence electrons. The molecule has 0 atom stereocenters. The van der Waals surface area contributed by atoms with Gasteiger partial charge in [-0.1, -0.05) is 19.1 Å². The summed E-state index contributed by atoms with van der Waals surface area (Å²) in [5.74, 6) is -0.864. The summed E-state index contributed by atoms with van der Waals surface area (Å²) in [5.41, 5.74) is 3.54. The van der Waals surface area contributed by atoms with Crippen molar-refractivity contribution in [1.29, 1.82) is 0 Å². The summed E-state index contributed by atoms with van der Waals surface area (Å²) in [6.45, 7) is 3.98. The molecule has 0 saturated carbocycles. The van der Waals surface area contributed by atoms with E-state index in [9.17, 15) is 4.79 Å². The highest BCUT2D eigenvalue weighted by Gasteiger charge is 2.12. The normalized spacial score (nSPS) is 10.5. The lowest BCUT2D eigenvalue weighted by molar-refractivity contribution is 0.0696. The highest BCUT2D eigenvalue weighted by molar-refractivity contribution is 7.13. The van der Waals surface area contributed by atoms with Crippen molar-refractivity contribution >= 4 is 17.3 Å². The Morgan fingerprint density at radius 2 is 2.18 bits per heavy atom. The van der Waals surface area contributed by atoms with E-state index in [-0.39, 0.29) is 0 Å². The molecule has 0 bridgehead atoms. The van der Waals surface area contributed by atoms with Crippen LogP contribution in [0.25, 0.3) is 10.4 Å². The molecule has 0 unspecified atom stereocenters. The van der Waals surface area contributed by atoms with Gasteiger partial charge in [0.05, 0.1) is 5.56 Å². The number of hydrogen-bond donors (Lipinski definition) is 1. The first-order valence-corrected chi connectivity index (χ1v) is 6.42. The molecule has 0 amide bonds. The predicted molar refractivity (Wildman–Crippen MR) is 70.8 cm³/mol. The van der Waals surface area contributed by atoms with E-state index in [2.05, 4.69) is 18.4 Å². The van der Waals surface area contributed by atoms with Crippen LogP contribution in [-0.4, -0.2) is 11.1 Å². The van der Waals surface area contributed by atoms with E-state index in [0.29, 0.717) is 5.56 Å². The van der Waals surface area contributed by atoms with Crippen LogP contribution < -0.4 is 0 Å². The maximum Gasteiger partial charge on any atom is 0.335 e. The second-order valence-electron chi connectivity index (χ2n) is 3.96. The second kappa shape index (κ2) is 4.72. The van der Waals surface area contributed by atoms with Gasteiger partial charge in [0.25, 0.3) is 0 Å². The third-order valence-corrected chi connectivity index (χ3v) is 3.90. The van der Waals surface area contributed by atoms with Crippen molar-refractivity contribution in [3.05, 3.63) is 46.3 Å². The minimum atomic E-state index is -0.864. The van der Waals surface area contributed by atoms with Gasteiger partial charge in [-0.25, -0.2) is 4.79 Å². The summed E-state index contributed by atoms with van der Waals surface area (Å²) in [5, 5.41) is 11.2. The summed E-state index contributed by atoms with van der Waals surface area (Å²) in [6.07, 6.45) is 1.01. The van der Waals surface area contributed by atoms with Crippen LogP contribution in [0.15, 0.2) is 29.6 Å². The largest absolute Gasteiger partial charge is 0.478 e. The first-order chi connectivity index (χ1) is 8.13. The minimum Gasteiger partial charge on any atom is -0.478 e. The highest BCUT2D eigenvalue weighted by atomic mass is 32.1. The van der Waals surface area contributed by atoms with Gasteiger partial charge < -0.3 is 5.11 Å². The lowest BCUT2D eigenvalue weighted by Crippen LogP contribution is -2.00. The number of carbonyl (C=O) groups is 1. The zero-order chi connectivity index (χ0) is 12.4. The van der Waals surface area contributed by atoms with Crippen LogP contribution in [0.3, 0.4) is 0 Å². The van der Waals surface area contributed by atoms with Gasteiger partial charge in [0, 0.05) is 4.88 Å². The number of aryl methyl sites for hydroxylation is 1. The van der Waals surface area contributed by atoms with Crippen LogP contribution >= 0.6 is 11.3 Å². The van der Waals surface area contributed by atoms with Gasteiger partial charge in [-0.05, 0) is 47.5 Å². The summed E-state index contributed by atoms with van der Waals surface area (Å²) in [7, 11) is 0. The summed E-state index contributed by atoms with van der Waals surface area (Å²) in [6, 6.07) is 7.57. The highest BCUT2D eigenvalue weighted by Crippen LogP contribution is 2.31. The summed E-state index contributed by atoms with van der Waals surface area (Å²) in [4.78, 5) is 12.2. The first-order valence-electron chi connectivity index (χ1n) is 5.54. The van der Waals surface area contributed by atoms with E-state index in [1.165, 1.54) is 5.56 Å². The molecule has 0 saturated heterocycles. The number of carboxylic acid groups (broad SMARTS) is 1. The molecule has 0 fully saturated rings. The molecule has 3 heteroatoms. The first kappa shape index (κ1) is 11.9. The number of aromatic carboxylic acids is 1. The Morgan fingerprint density at radius 3 is 2.76 bits per heavy atom. The maximum absolute atomic E-state index is 11.1. The van der Waals surface area contributed by atoms with Crippen molar-refractivity contribution in [2.24, 2.45) is 0 Å². The Labute approximate surface area is 105 Å². The van der Waals surface area contributed by atoms with Gasteiger partial charge in [0.1, 0.15) is 0 Å². The molecule has 0 aliphatic heterocycles. The molecule has 2 aromatic rings. The number of rotatable bonds is 3. The molecular formula is C14H14O2S. The topological polar surface area (TPSA) is 37.3 Å². The predicted octanol–water partition coefficient (Wildman–Crippen LogP) is 3.98. The summed E-state index contributed by atoms with van der Waals surface area (Å²) >= 11 is 1.67. The van der Waals surface area contributed by atoms with Crippen molar-refractivity contribution in [1.82, 2.24) is 0 Å². The SMILES string of the molecule is CCc1csc(-c2cccc(C(=O)O)c2C)c1. The molecule has 2 nitrogen and oxygen atoms in total. The van der Waals surface area contributed by atoms with Gasteiger partial charge in [0.2, 0.25) is 0 Å². The molecule has 1 aromatic heterocycles. The van der Waals surface area contributed by atoms with Gasteiger partial charge >= 0.3 is 5.97 Å². The molecule has 0 spiro atoms. The van der Waals surface area contributed by atoms with Crippen molar-refractivity contribution in [2.75, 3.05) is 0 Å². The molecule has 0 aliphatic carbocycles. The fourth-order valence-electron chi connectivity index (χ4n) is 1.84. The monoisotopic (exact) mass is 246 g/mol. The molecular weight excluding hydrogens is 232 g/mol. The van der Waals surface area contributed by atoms with Crippen LogP contribution in [0, 0.1) is 6.92 Å². The zero-order valence-electron chi connectivity index (χ0n) is 9.86. The van der Waals surface area contributed by atoms with E-state index < -0.39 is 5.97 Å². The van der Waals surface area contributed by atoms with Crippen LogP contribution in [0.1, 0.15) is 28.4 Å². The Balaban J connectivity index is 2.52. The van der Waals surface area contributed by atoms with Crippen molar-refractivity contribution < 1.29 is 9.90 Å². The van der Waals surface area contributed by atoms with Crippen LogP contribution in [0.5, 0.6) is 0 Å². The van der Waals surface area contributed by atoms with E-state index in [4.69, 9.17) is 5.11 Å². The number of thiophene rings is 1. The Kier molecular flexibility index (Phi) is 3.29. The third kappa shape index (κ3) is 2.24. The van der Waals surface area contributed by atoms with E-state index in [0.717, 1.165) is 22.4 Å². The lowest BCUT2D eigenvalue weighted by atomic mass is 10.0.